The highest BCUT2D eigenvalue weighted by Gasteiger charge is 2.31. The maximum atomic E-state index is 11.7. The normalized spacial score (nSPS) is 25.5. The van der Waals surface area contributed by atoms with Crippen LogP contribution in [0, 0.1) is 5.92 Å². The number of likely N-dealkylation sites (tertiary alicyclic amines) is 1. The average molecular weight is 243 g/mol. The Labute approximate surface area is 104 Å². The lowest BCUT2D eigenvalue weighted by atomic mass is 10.0. The number of hydrogen-bond acceptors (Lipinski definition) is 4. The number of methoxy groups -OCH3 is 1. The Morgan fingerprint density at radius 3 is 2.76 bits per heavy atom. The first kappa shape index (κ1) is 14.4. The van der Waals surface area contributed by atoms with E-state index in [2.05, 4.69) is 36.3 Å². The zero-order chi connectivity index (χ0) is 12.8. The minimum Gasteiger partial charge on any atom is -0.384 e. The van der Waals surface area contributed by atoms with E-state index in [0.29, 0.717) is 18.9 Å². The van der Waals surface area contributed by atoms with Gasteiger partial charge in [-0.1, -0.05) is 0 Å². The monoisotopic (exact) mass is 243 g/mol. The summed E-state index contributed by atoms with van der Waals surface area (Å²) < 4.78 is 4.91. The molecule has 0 saturated carbocycles. The van der Waals surface area contributed by atoms with Crippen LogP contribution < -0.4 is 5.32 Å². The first-order valence-electron chi connectivity index (χ1n) is 6.14. The van der Waals surface area contributed by atoms with Crippen LogP contribution in [0.25, 0.3) is 0 Å². The zero-order valence-corrected chi connectivity index (χ0v) is 11.4. The molecule has 0 spiro atoms. The highest BCUT2D eigenvalue weighted by Crippen LogP contribution is 2.16. The average Bonchev–Trinajstić information content (AvgIpc) is 2.55. The Hall–Kier alpha value is -0.650. The number of amides is 1. The SMILES string of the molecule is COCCC(=O)N[C@@H]1CN(C)C[C@H]1CN(C)C. The van der Waals surface area contributed by atoms with Gasteiger partial charge in [-0.15, -0.1) is 0 Å². The quantitative estimate of drug-likeness (QED) is 0.691. The Kier molecular flexibility index (Phi) is 5.88. The molecule has 1 saturated heterocycles. The standard InChI is InChI=1S/C12H25N3O2/c1-14(2)7-10-8-15(3)9-11(10)13-12(16)5-6-17-4/h10-11H,5-9H2,1-4H3,(H,13,16)/t10-,11-/m1/s1. The summed E-state index contributed by atoms with van der Waals surface area (Å²) in [6.07, 6.45) is 0.450. The lowest BCUT2D eigenvalue weighted by Gasteiger charge is -2.22. The molecule has 100 valence electrons. The first-order chi connectivity index (χ1) is 8.02. The molecule has 5 nitrogen and oxygen atoms in total. The van der Waals surface area contributed by atoms with Gasteiger partial charge in [0.05, 0.1) is 6.61 Å². The van der Waals surface area contributed by atoms with E-state index < -0.39 is 0 Å². The van der Waals surface area contributed by atoms with Crippen LogP contribution in [0.3, 0.4) is 0 Å². The molecule has 1 fully saturated rings. The molecule has 1 amide bonds. The van der Waals surface area contributed by atoms with Gasteiger partial charge >= 0.3 is 0 Å². The Morgan fingerprint density at radius 2 is 2.18 bits per heavy atom. The smallest absolute Gasteiger partial charge is 0.222 e. The molecule has 0 unspecified atom stereocenters. The summed E-state index contributed by atoms with van der Waals surface area (Å²) in [4.78, 5) is 16.1. The molecule has 0 aliphatic carbocycles. The molecule has 1 rings (SSSR count). The predicted molar refractivity (Wildman–Crippen MR) is 68.0 cm³/mol. The van der Waals surface area contributed by atoms with Gasteiger partial charge in [0.15, 0.2) is 0 Å². The second kappa shape index (κ2) is 6.93. The van der Waals surface area contributed by atoms with Gasteiger partial charge in [0.25, 0.3) is 0 Å². The van der Waals surface area contributed by atoms with Gasteiger partial charge in [-0.05, 0) is 21.1 Å². The molecule has 1 aliphatic heterocycles. The Morgan fingerprint density at radius 1 is 1.47 bits per heavy atom. The predicted octanol–water partition coefficient (Wildman–Crippen LogP) is -0.369. The van der Waals surface area contributed by atoms with Crippen molar-refractivity contribution in [1.82, 2.24) is 15.1 Å². The molecule has 1 N–H and O–H groups in total. The van der Waals surface area contributed by atoms with Gasteiger partial charge in [0, 0.05) is 45.1 Å². The first-order valence-corrected chi connectivity index (χ1v) is 6.14. The maximum Gasteiger partial charge on any atom is 0.222 e. The van der Waals surface area contributed by atoms with Gasteiger partial charge in [0.1, 0.15) is 0 Å². The van der Waals surface area contributed by atoms with Crippen molar-refractivity contribution in [2.24, 2.45) is 5.92 Å². The fourth-order valence-corrected chi connectivity index (χ4v) is 2.38. The van der Waals surface area contributed by atoms with Crippen LogP contribution in [0.2, 0.25) is 0 Å². The molecule has 17 heavy (non-hydrogen) atoms. The van der Waals surface area contributed by atoms with Crippen molar-refractivity contribution in [1.29, 1.82) is 0 Å². The number of carbonyl (C=O) groups is 1. The number of likely N-dealkylation sites (N-methyl/N-ethyl adjacent to an activating group) is 1. The van der Waals surface area contributed by atoms with Crippen molar-refractivity contribution in [2.75, 3.05) is 54.5 Å². The van der Waals surface area contributed by atoms with E-state index in [0.717, 1.165) is 19.6 Å². The van der Waals surface area contributed by atoms with E-state index in [-0.39, 0.29) is 11.9 Å². The third kappa shape index (κ3) is 5.02. The Balaban J connectivity index is 2.41. The van der Waals surface area contributed by atoms with Gasteiger partial charge in [0.2, 0.25) is 5.91 Å². The summed E-state index contributed by atoms with van der Waals surface area (Å²) in [6, 6.07) is 0.270. The van der Waals surface area contributed by atoms with Gasteiger partial charge in [-0.3, -0.25) is 4.79 Å². The van der Waals surface area contributed by atoms with Gasteiger partial charge in [-0.25, -0.2) is 0 Å². The molecule has 2 atom stereocenters. The number of rotatable bonds is 6. The van der Waals surface area contributed by atoms with E-state index in [1.54, 1.807) is 7.11 Å². The minimum absolute atomic E-state index is 0.0934. The van der Waals surface area contributed by atoms with Crippen LogP contribution in [0.1, 0.15) is 6.42 Å². The molecule has 5 heteroatoms. The second-order valence-electron chi connectivity index (χ2n) is 5.16. The second-order valence-corrected chi connectivity index (χ2v) is 5.16. The van der Waals surface area contributed by atoms with Crippen molar-refractivity contribution < 1.29 is 9.53 Å². The minimum atomic E-state index is 0.0934. The molecule has 0 radical (unpaired) electrons. The van der Waals surface area contributed by atoms with E-state index in [1.165, 1.54) is 0 Å². The van der Waals surface area contributed by atoms with Crippen molar-refractivity contribution in [3.8, 4) is 0 Å². The number of nitrogens with one attached hydrogen (secondary N) is 1. The third-order valence-corrected chi connectivity index (χ3v) is 3.10. The molecule has 1 heterocycles. The molecule has 0 bridgehead atoms. The van der Waals surface area contributed by atoms with Crippen LogP contribution >= 0.6 is 0 Å². The summed E-state index contributed by atoms with van der Waals surface area (Å²) in [6.45, 7) is 3.50. The largest absolute Gasteiger partial charge is 0.384 e. The van der Waals surface area contributed by atoms with Crippen molar-refractivity contribution in [3.63, 3.8) is 0 Å². The van der Waals surface area contributed by atoms with Crippen LogP contribution in [0.5, 0.6) is 0 Å². The van der Waals surface area contributed by atoms with E-state index >= 15 is 0 Å². The maximum absolute atomic E-state index is 11.7. The summed E-state index contributed by atoms with van der Waals surface area (Å²) in [7, 11) is 7.86. The summed E-state index contributed by atoms with van der Waals surface area (Å²) in [5.74, 6) is 0.609. The summed E-state index contributed by atoms with van der Waals surface area (Å²) in [5, 5.41) is 3.11. The summed E-state index contributed by atoms with van der Waals surface area (Å²) in [5.41, 5.74) is 0. The van der Waals surface area contributed by atoms with E-state index in [1.807, 2.05) is 0 Å². The van der Waals surface area contributed by atoms with Crippen molar-refractivity contribution in [3.05, 3.63) is 0 Å². The van der Waals surface area contributed by atoms with Gasteiger partial charge in [-0.2, -0.15) is 0 Å². The molecule has 0 aromatic rings. The lowest BCUT2D eigenvalue weighted by Crippen LogP contribution is -2.43. The Bertz CT molecular complexity index is 246. The van der Waals surface area contributed by atoms with Crippen molar-refractivity contribution in [2.45, 2.75) is 12.5 Å². The topological polar surface area (TPSA) is 44.8 Å². The molecule has 1 aliphatic rings. The highest BCUT2D eigenvalue weighted by atomic mass is 16.5. The van der Waals surface area contributed by atoms with E-state index in [9.17, 15) is 4.79 Å². The zero-order valence-electron chi connectivity index (χ0n) is 11.4. The number of ether oxygens (including phenoxy) is 1. The molecular weight excluding hydrogens is 218 g/mol. The van der Waals surface area contributed by atoms with Crippen molar-refractivity contribution >= 4 is 5.91 Å². The number of nitrogens with zero attached hydrogens (tertiary/aromatic N) is 2. The fraction of sp³-hybridized carbons (Fsp3) is 0.917. The van der Waals surface area contributed by atoms with Crippen LogP contribution in [0.15, 0.2) is 0 Å². The summed E-state index contributed by atoms with van der Waals surface area (Å²) >= 11 is 0. The number of hydrogen-bond donors (Lipinski definition) is 1. The van der Waals surface area contributed by atoms with Crippen LogP contribution in [0.4, 0.5) is 0 Å². The van der Waals surface area contributed by atoms with E-state index in [4.69, 9.17) is 4.74 Å². The third-order valence-electron chi connectivity index (χ3n) is 3.10. The fourth-order valence-electron chi connectivity index (χ4n) is 2.38. The van der Waals surface area contributed by atoms with Gasteiger partial charge < -0.3 is 19.9 Å². The molecule has 0 aromatic carbocycles. The molecular formula is C12H25N3O2. The van der Waals surface area contributed by atoms with Crippen LogP contribution in [-0.2, 0) is 9.53 Å². The van der Waals surface area contributed by atoms with Crippen LogP contribution in [-0.4, -0.2) is 76.2 Å². The lowest BCUT2D eigenvalue weighted by molar-refractivity contribution is -0.122. The number of carbonyl (C=O) groups excluding carboxylic acids is 1. The molecule has 0 aromatic heterocycles. The highest BCUT2D eigenvalue weighted by molar-refractivity contribution is 5.76.